The normalized spacial score (nSPS) is 10.9. The third-order valence-corrected chi connectivity index (χ3v) is 1.33. The van der Waals surface area contributed by atoms with Gasteiger partial charge in [0, 0.05) is 13.2 Å². The van der Waals surface area contributed by atoms with Crippen molar-refractivity contribution in [1.29, 1.82) is 0 Å². The molecule has 0 aromatic carbocycles. The molecule has 12 heavy (non-hydrogen) atoms. The Labute approximate surface area is 71.5 Å². The van der Waals surface area contributed by atoms with Gasteiger partial charge in [-0.05, 0) is 13.8 Å². The Morgan fingerprint density at radius 2 is 2.08 bits per heavy atom. The Morgan fingerprint density at radius 1 is 1.42 bits per heavy atom. The Bertz CT molecular complexity index is 192. The molecule has 68 valence electrons. The van der Waals surface area contributed by atoms with Gasteiger partial charge in [-0.1, -0.05) is 0 Å². The fourth-order valence-corrected chi connectivity index (χ4v) is 0.860. The van der Waals surface area contributed by atoms with Crippen LogP contribution in [0.5, 0.6) is 0 Å². The van der Waals surface area contributed by atoms with Crippen molar-refractivity contribution >= 4 is 0 Å². The lowest BCUT2D eigenvalue weighted by molar-refractivity contribution is -0.142. The number of hydrogen-bond donors (Lipinski definition) is 0. The summed E-state index contributed by atoms with van der Waals surface area (Å²) in [6.07, 6.45) is 2.50. The van der Waals surface area contributed by atoms with Crippen LogP contribution in [0.3, 0.4) is 0 Å². The molecule has 0 saturated heterocycles. The molecule has 0 spiro atoms. The van der Waals surface area contributed by atoms with Crippen molar-refractivity contribution < 1.29 is 13.9 Å². The van der Waals surface area contributed by atoms with Crippen molar-refractivity contribution in [3.05, 3.63) is 18.4 Å². The maximum Gasteiger partial charge on any atom is 0.204 e. The zero-order chi connectivity index (χ0) is 8.81. The highest BCUT2D eigenvalue weighted by Crippen LogP contribution is 2.15. The lowest BCUT2D eigenvalue weighted by Crippen LogP contribution is -2.08. The van der Waals surface area contributed by atoms with Crippen molar-refractivity contribution in [3.63, 3.8) is 0 Å². The van der Waals surface area contributed by atoms with E-state index >= 15 is 0 Å². The molecule has 0 saturated carbocycles. The fraction of sp³-hybridized carbons (Fsp3) is 0.625. The van der Waals surface area contributed by atoms with E-state index in [2.05, 4.69) is 4.98 Å². The van der Waals surface area contributed by atoms with Gasteiger partial charge in [-0.2, -0.15) is 0 Å². The Hall–Kier alpha value is -0.870. The van der Waals surface area contributed by atoms with E-state index in [1.807, 2.05) is 13.8 Å². The van der Waals surface area contributed by atoms with Crippen LogP contribution in [0.15, 0.2) is 17.1 Å². The second kappa shape index (κ2) is 4.90. The number of rotatable bonds is 5. The van der Waals surface area contributed by atoms with Gasteiger partial charge in [0.1, 0.15) is 12.0 Å². The number of aromatic nitrogens is 1. The topological polar surface area (TPSA) is 44.5 Å². The van der Waals surface area contributed by atoms with Crippen molar-refractivity contribution in [2.24, 2.45) is 0 Å². The fourth-order valence-electron chi connectivity index (χ4n) is 0.860. The van der Waals surface area contributed by atoms with Crippen molar-refractivity contribution in [2.45, 2.75) is 20.1 Å². The third kappa shape index (κ3) is 2.32. The molecule has 0 aliphatic carbocycles. The van der Waals surface area contributed by atoms with Crippen molar-refractivity contribution in [2.75, 3.05) is 13.2 Å². The summed E-state index contributed by atoms with van der Waals surface area (Å²) in [7, 11) is 0. The summed E-state index contributed by atoms with van der Waals surface area (Å²) in [6.45, 7) is 5.01. The largest absolute Gasteiger partial charge is 0.451 e. The first-order valence-electron chi connectivity index (χ1n) is 3.99. The van der Waals surface area contributed by atoms with Crippen LogP contribution in [0.4, 0.5) is 0 Å². The average molecular weight is 171 g/mol. The minimum absolute atomic E-state index is 0.390. The van der Waals surface area contributed by atoms with Crippen LogP contribution in [-0.2, 0) is 9.47 Å². The summed E-state index contributed by atoms with van der Waals surface area (Å²) in [5.41, 5.74) is 0.679. The summed E-state index contributed by atoms with van der Waals surface area (Å²) < 4.78 is 15.4. The maximum absolute atomic E-state index is 5.28. The van der Waals surface area contributed by atoms with Gasteiger partial charge in [-0.15, -0.1) is 0 Å². The SMILES string of the molecule is CCOC(OCC)c1cocn1. The number of nitrogens with zero attached hydrogens (tertiary/aromatic N) is 1. The molecule has 4 nitrogen and oxygen atoms in total. The zero-order valence-electron chi connectivity index (χ0n) is 7.32. The second-order valence-corrected chi connectivity index (χ2v) is 2.16. The van der Waals surface area contributed by atoms with Gasteiger partial charge in [-0.3, -0.25) is 0 Å². The lowest BCUT2D eigenvalue weighted by Gasteiger charge is -2.13. The molecule has 0 N–H and O–H groups in total. The van der Waals surface area contributed by atoms with Crippen LogP contribution in [-0.4, -0.2) is 18.2 Å². The summed E-state index contributed by atoms with van der Waals surface area (Å²) in [5, 5.41) is 0. The van der Waals surface area contributed by atoms with Crippen LogP contribution in [0.2, 0.25) is 0 Å². The van der Waals surface area contributed by atoms with E-state index < -0.39 is 6.29 Å². The Kier molecular flexibility index (Phi) is 3.76. The predicted octanol–water partition coefficient (Wildman–Crippen LogP) is 1.75. The first kappa shape index (κ1) is 9.22. The second-order valence-electron chi connectivity index (χ2n) is 2.16. The molecule has 0 radical (unpaired) electrons. The molecular weight excluding hydrogens is 158 g/mol. The Balaban J connectivity index is 2.53. The molecule has 4 heteroatoms. The summed E-state index contributed by atoms with van der Waals surface area (Å²) in [6, 6.07) is 0. The summed E-state index contributed by atoms with van der Waals surface area (Å²) >= 11 is 0. The van der Waals surface area contributed by atoms with Gasteiger partial charge in [0.05, 0.1) is 0 Å². The molecule has 1 rings (SSSR count). The van der Waals surface area contributed by atoms with Crippen molar-refractivity contribution in [3.8, 4) is 0 Å². The number of ether oxygens (including phenoxy) is 2. The highest BCUT2D eigenvalue weighted by molar-refractivity contribution is 4.92. The van der Waals surface area contributed by atoms with Crippen LogP contribution in [0.25, 0.3) is 0 Å². The highest BCUT2D eigenvalue weighted by Gasteiger charge is 2.13. The van der Waals surface area contributed by atoms with Crippen LogP contribution in [0, 0.1) is 0 Å². The van der Waals surface area contributed by atoms with E-state index in [1.54, 1.807) is 0 Å². The quantitative estimate of drug-likeness (QED) is 0.633. The standard InChI is InChI=1S/C8H13NO3/c1-3-11-8(12-4-2)7-5-10-6-9-7/h5-6,8H,3-4H2,1-2H3. The minimum Gasteiger partial charge on any atom is -0.451 e. The minimum atomic E-state index is -0.390. The number of hydrogen-bond acceptors (Lipinski definition) is 4. The van der Waals surface area contributed by atoms with Gasteiger partial charge >= 0.3 is 0 Å². The van der Waals surface area contributed by atoms with Crippen LogP contribution >= 0.6 is 0 Å². The van der Waals surface area contributed by atoms with E-state index in [-0.39, 0.29) is 0 Å². The van der Waals surface area contributed by atoms with E-state index in [4.69, 9.17) is 13.9 Å². The third-order valence-electron chi connectivity index (χ3n) is 1.33. The molecule has 0 aliphatic heterocycles. The average Bonchev–Trinajstić information content (AvgIpc) is 2.56. The van der Waals surface area contributed by atoms with Gasteiger partial charge in [0.25, 0.3) is 0 Å². The first-order chi connectivity index (χ1) is 5.88. The van der Waals surface area contributed by atoms with E-state index in [9.17, 15) is 0 Å². The molecule has 1 heterocycles. The molecule has 0 bridgehead atoms. The van der Waals surface area contributed by atoms with Crippen molar-refractivity contribution in [1.82, 2.24) is 4.98 Å². The maximum atomic E-state index is 5.28. The van der Waals surface area contributed by atoms with E-state index in [0.717, 1.165) is 0 Å². The smallest absolute Gasteiger partial charge is 0.204 e. The molecule has 0 unspecified atom stereocenters. The molecule has 0 amide bonds. The molecule has 1 aromatic rings. The predicted molar refractivity (Wildman–Crippen MR) is 42.5 cm³/mol. The summed E-state index contributed by atoms with van der Waals surface area (Å²) in [4.78, 5) is 3.94. The van der Waals surface area contributed by atoms with Gasteiger partial charge in [0.15, 0.2) is 6.39 Å². The first-order valence-corrected chi connectivity index (χ1v) is 3.99. The molecule has 1 aromatic heterocycles. The van der Waals surface area contributed by atoms with E-state index in [1.165, 1.54) is 12.7 Å². The summed E-state index contributed by atoms with van der Waals surface area (Å²) in [5.74, 6) is 0. The highest BCUT2D eigenvalue weighted by atomic mass is 16.7. The van der Waals surface area contributed by atoms with Gasteiger partial charge in [-0.25, -0.2) is 4.98 Å². The monoisotopic (exact) mass is 171 g/mol. The zero-order valence-corrected chi connectivity index (χ0v) is 7.32. The lowest BCUT2D eigenvalue weighted by atomic mass is 10.5. The van der Waals surface area contributed by atoms with Crippen LogP contribution < -0.4 is 0 Å². The molecule has 0 atom stereocenters. The molecule has 0 aliphatic rings. The van der Waals surface area contributed by atoms with Gasteiger partial charge in [0.2, 0.25) is 6.29 Å². The van der Waals surface area contributed by atoms with Gasteiger partial charge < -0.3 is 13.9 Å². The molecule has 0 fully saturated rings. The molecular formula is C8H13NO3. The van der Waals surface area contributed by atoms with E-state index in [0.29, 0.717) is 18.9 Å². The Morgan fingerprint density at radius 3 is 2.50 bits per heavy atom. The number of oxazole rings is 1. The van der Waals surface area contributed by atoms with Crippen LogP contribution in [0.1, 0.15) is 25.8 Å².